The molecule has 1 aliphatic carbocycles. The van der Waals surface area contributed by atoms with Gasteiger partial charge in [-0.1, -0.05) is 74.5 Å². The molecule has 3 amide bonds. The van der Waals surface area contributed by atoms with Crippen molar-refractivity contribution in [2.45, 2.75) is 45.4 Å². The van der Waals surface area contributed by atoms with Gasteiger partial charge in [0.1, 0.15) is 18.7 Å². The van der Waals surface area contributed by atoms with Gasteiger partial charge in [0.2, 0.25) is 11.8 Å². The molecule has 198 valence electrons. The summed E-state index contributed by atoms with van der Waals surface area (Å²) in [6, 6.07) is 21.2. The quantitative estimate of drug-likeness (QED) is 0.341. The number of aliphatic hydroxyl groups excluding tert-OH is 1. The topological polar surface area (TPSA) is 117 Å². The molecular formula is C30H33N3O5. The number of ether oxygens (including phenoxy) is 1. The SMILES string of the molecule is CC(C)C(NC(=O)OCC1c2ccccc2-c2ccccc21)C(=O)N[C@@H](C)C(=O)Nc1ccc(CO)cc1. The molecule has 0 fully saturated rings. The second-order valence-electron chi connectivity index (χ2n) is 9.77. The highest BCUT2D eigenvalue weighted by Crippen LogP contribution is 2.44. The summed E-state index contributed by atoms with van der Waals surface area (Å²) >= 11 is 0. The van der Waals surface area contributed by atoms with E-state index in [0.29, 0.717) is 5.69 Å². The van der Waals surface area contributed by atoms with E-state index < -0.39 is 30.0 Å². The lowest BCUT2D eigenvalue weighted by molar-refractivity contribution is -0.128. The van der Waals surface area contributed by atoms with Crippen LogP contribution in [0.25, 0.3) is 11.1 Å². The molecule has 0 aromatic heterocycles. The first-order chi connectivity index (χ1) is 18.3. The third-order valence-electron chi connectivity index (χ3n) is 6.72. The van der Waals surface area contributed by atoms with E-state index in [-0.39, 0.29) is 25.0 Å². The fourth-order valence-corrected chi connectivity index (χ4v) is 4.61. The first kappa shape index (κ1) is 26.9. The third-order valence-corrected chi connectivity index (χ3v) is 6.72. The maximum atomic E-state index is 13.0. The molecule has 4 rings (SSSR count). The van der Waals surface area contributed by atoms with Crippen LogP contribution in [-0.2, 0) is 20.9 Å². The normalized spacial score (nSPS) is 13.7. The zero-order valence-corrected chi connectivity index (χ0v) is 21.7. The maximum absolute atomic E-state index is 13.0. The lowest BCUT2D eigenvalue weighted by Crippen LogP contribution is -2.53. The molecule has 3 aromatic rings. The van der Waals surface area contributed by atoms with Gasteiger partial charge in [0, 0.05) is 11.6 Å². The van der Waals surface area contributed by atoms with Crippen LogP contribution in [0.4, 0.5) is 10.5 Å². The van der Waals surface area contributed by atoms with E-state index in [9.17, 15) is 14.4 Å². The molecule has 1 unspecified atom stereocenters. The number of rotatable bonds is 9. The van der Waals surface area contributed by atoms with Crippen LogP contribution in [-0.4, -0.2) is 41.7 Å². The van der Waals surface area contributed by atoms with E-state index in [0.717, 1.165) is 27.8 Å². The van der Waals surface area contributed by atoms with Crippen LogP contribution in [0.3, 0.4) is 0 Å². The molecule has 38 heavy (non-hydrogen) atoms. The minimum atomic E-state index is -0.885. The van der Waals surface area contributed by atoms with Gasteiger partial charge in [-0.3, -0.25) is 9.59 Å². The zero-order valence-electron chi connectivity index (χ0n) is 21.7. The predicted molar refractivity (Wildman–Crippen MR) is 145 cm³/mol. The number of anilines is 1. The van der Waals surface area contributed by atoms with Crippen LogP contribution in [0.2, 0.25) is 0 Å². The van der Waals surface area contributed by atoms with Crippen molar-refractivity contribution in [2.24, 2.45) is 5.92 Å². The lowest BCUT2D eigenvalue weighted by atomic mass is 9.98. The Kier molecular flexibility index (Phi) is 8.43. The van der Waals surface area contributed by atoms with Crippen molar-refractivity contribution in [3.63, 3.8) is 0 Å². The van der Waals surface area contributed by atoms with E-state index in [1.54, 1.807) is 45.0 Å². The predicted octanol–water partition coefficient (Wildman–Crippen LogP) is 4.19. The number of carbonyl (C=O) groups is 3. The molecule has 3 aromatic carbocycles. The number of nitrogens with one attached hydrogen (secondary N) is 3. The number of amides is 3. The van der Waals surface area contributed by atoms with E-state index in [1.165, 1.54) is 0 Å². The van der Waals surface area contributed by atoms with Gasteiger partial charge in [-0.25, -0.2) is 4.79 Å². The average molecular weight is 516 g/mol. The summed E-state index contributed by atoms with van der Waals surface area (Å²) in [4.78, 5) is 38.3. The van der Waals surface area contributed by atoms with E-state index in [4.69, 9.17) is 9.84 Å². The average Bonchev–Trinajstić information content (AvgIpc) is 3.24. The summed E-state index contributed by atoms with van der Waals surface area (Å²) in [6.45, 7) is 5.23. The standard InChI is InChI=1S/C30H33N3O5/c1-18(2)27(29(36)31-19(3)28(35)32-21-14-12-20(16-34)13-15-21)33-30(37)38-17-26-24-10-6-4-8-22(24)23-9-5-7-11-25(23)26/h4-15,18-19,26-27,34H,16-17H2,1-3H3,(H,31,36)(H,32,35)(H,33,37)/t19-,27?/m0/s1. The van der Waals surface area contributed by atoms with Gasteiger partial charge in [0.15, 0.2) is 0 Å². The summed E-state index contributed by atoms with van der Waals surface area (Å²) in [7, 11) is 0. The second-order valence-corrected chi connectivity index (χ2v) is 9.77. The molecule has 1 aliphatic rings. The molecule has 0 radical (unpaired) electrons. The van der Waals surface area contributed by atoms with Crippen LogP contribution >= 0.6 is 0 Å². The van der Waals surface area contributed by atoms with Gasteiger partial charge in [0.25, 0.3) is 0 Å². The van der Waals surface area contributed by atoms with E-state index >= 15 is 0 Å². The molecule has 0 saturated carbocycles. The molecule has 2 atom stereocenters. The minimum absolute atomic E-state index is 0.0883. The Bertz CT molecular complexity index is 1260. The monoisotopic (exact) mass is 515 g/mol. The highest BCUT2D eigenvalue weighted by atomic mass is 16.5. The Balaban J connectivity index is 1.33. The Morgan fingerprint density at radius 2 is 1.39 bits per heavy atom. The fraction of sp³-hybridized carbons (Fsp3) is 0.300. The Labute approximate surface area is 222 Å². The van der Waals surface area contributed by atoms with Crippen molar-refractivity contribution in [1.82, 2.24) is 10.6 Å². The molecule has 0 saturated heterocycles. The van der Waals surface area contributed by atoms with Crippen molar-refractivity contribution < 1.29 is 24.2 Å². The van der Waals surface area contributed by atoms with E-state index in [2.05, 4.69) is 28.1 Å². The smallest absolute Gasteiger partial charge is 0.407 e. The van der Waals surface area contributed by atoms with Crippen LogP contribution < -0.4 is 16.0 Å². The van der Waals surface area contributed by atoms with Gasteiger partial charge in [0.05, 0.1) is 6.61 Å². The van der Waals surface area contributed by atoms with Gasteiger partial charge < -0.3 is 25.8 Å². The summed E-state index contributed by atoms with van der Waals surface area (Å²) in [5.74, 6) is -1.21. The number of alkyl carbamates (subject to hydrolysis) is 1. The number of hydrogen-bond acceptors (Lipinski definition) is 5. The molecule has 4 N–H and O–H groups in total. The number of fused-ring (bicyclic) bond motifs is 3. The highest BCUT2D eigenvalue weighted by Gasteiger charge is 2.31. The van der Waals surface area contributed by atoms with Crippen LogP contribution in [0.5, 0.6) is 0 Å². The first-order valence-corrected chi connectivity index (χ1v) is 12.7. The molecule has 8 nitrogen and oxygen atoms in total. The number of hydrogen-bond donors (Lipinski definition) is 4. The summed E-state index contributed by atoms with van der Waals surface area (Å²) in [5.41, 5.74) is 5.74. The molecule has 0 bridgehead atoms. The van der Waals surface area contributed by atoms with Crippen molar-refractivity contribution >= 4 is 23.6 Å². The van der Waals surface area contributed by atoms with Crippen molar-refractivity contribution in [3.05, 3.63) is 89.5 Å². The van der Waals surface area contributed by atoms with Crippen molar-refractivity contribution in [2.75, 3.05) is 11.9 Å². The second kappa shape index (κ2) is 11.9. The Hall–Kier alpha value is -4.17. The van der Waals surface area contributed by atoms with Crippen molar-refractivity contribution in [1.29, 1.82) is 0 Å². The number of aliphatic hydroxyl groups is 1. The van der Waals surface area contributed by atoms with Gasteiger partial charge in [-0.2, -0.15) is 0 Å². The zero-order chi connectivity index (χ0) is 27.2. The number of benzene rings is 3. The first-order valence-electron chi connectivity index (χ1n) is 12.7. The summed E-state index contributed by atoms with van der Waals surface area (Å²) in [6.07, 6.45) is -0.693. The molecular weight excluding hydrogens is 482 g/mol. The van der Waals surface area contributed by atoms with Gasteiger partial charge >= 0.3 is 6.09 Å². The third kappa shape index (κ3) is 6.03. The van der Waals surface area contributed by atoms with Crippen molar-refractivity contribution in [3.8, 4) is 11.1 Å². The highest BCUT2D eigenvalue weighted by molar-refractivity contribution is 5.98. The molecule has 0 spiro atoms. The summed E-state index contributed by atoms with van der Waals surface area (Å²) in [5, 5.41) is 17.2. The minimum Gasteiger partial charge on any atom is -0.449 e. The number of carbonyl (C=O) groups excluding carboxylic acids is 3. The van der Waals surface area contributed by atoms with E-state index in [1.807, 2.05) is 36.4 Å². The largest absolute Gasteiger partial charge is 0.449 e. The van der Waals surface area contributed by atoms with Gasteiger partial charge in [-0.15, -0.1) is 0 Å². The Morgan fingerprint density at radius 1 is 0.816 bits per heavy atom. The summed E-state index contributed by atoms with van der Waals surface area (Å²) < 4.78 is 5.59. The molecule has 0 heterocycles. The van der Waals surface area contributed by atoms with Gasteiger partial charge in [-0.05, 0) is 52.8 Å². The van der Waals surface area contributed by atoms with Crippen LogP contribution in [0, 0.1) is 5.92 Å². The van der Waals surface area contributed by atoms with Crippen LogP contribution in [0.1, 0.15) is 43.4 Å². The maximum Gasteiger partial charge on any atom is 0.407 e. The molecule has 0 aliphatic heterocycles. The lowest BCUT2D eigenvalue weighted by Gasteiger charge is -2.24. The molecule has 8 heteroatoms. The van der Waals surface area contributed by atoms with Crippen LogP contribution in [0.15, 0.2) is 72.8 Å². The Morgan fingerprint density at radius 3 is 1.95 bits per heavy atom. The fourth-order valence-electron chi connectivity index (χ4n) is 4.61.